The Balaban J connectivity index is 2.24. The third kappa shape index (κ3) is 6.64. The van der Waals surface area contributed by atoms with Gasteiger partial charge in [0, 0.05) is 12.1 Å². The smallest absolute Gasteiger partial charge is 0.106 e. The van der Waals surface area contributed by atoms with Crippen LogP contribution in [0.3, 0.4) is 0 Å². The van der Waals surface area contributed by atoms with Crippen molar-refractivity contribution in [1.82, 2.24) is 9.97 Å². The van der Waals surface area contributed by atoms with Gasteiger partial charge in [0.1, 0.15) is 5.82 Å². The van der Waals surface area contributed by atoms with Gasteiger partial charge in [0.25, 0.3) is 0 Å². The second-order valence-electron chi connectivity index (χ2n) is 6.33. The Kier molecular flexibility index (Phi) is 9.62. The molecule has 22 heavy (non-hydrogen) atoms. The molecule has 0 amide bonds. The molecule has 0 saturated heterocycles. The average molecular weight is 303 g/mol. The molecule has 124 valence electrons. The summed E-state index contributed by atoms with van der Waals surface area (Å²) in [5.41, 5.74) is 2.16. The van der Waals surface area contributed by atoms with Crippen molar-refractivity contribution in [2.75, 3.05) is 0 Å². The van der Waals surface area contributed by atoms with E-state index in [0.29, 0.717) is 0 Å². The zero-order valence-electron chi connectivity index (χ0n) is 14.7. The van der Waals surface area contributed by atoms with E-state index in [0.717, 1.165) is 24.4 Å². The molecule has 1 atom stereocenters. The summed E-state index contributed by atoms with van der Waals surface area (Å²) >= 11 is 0. The van der Waals surface area contributed by atoms with Crippen LogP contribution in [-0.4, -0.2) is 9.97 Å². The van der Waals surface area contributed by atoms with Crippen LogP contribution in [0.2, 0.25) is 0 Å². The first-order chi connectivity index (χ1) is 10.7. The Bertz CT molecular complexity index is 442. The third-order valence-corrected chi connectivity index (χ3v) is 4.33. The third-order valence-electron chi connectivity index (χ3n) is 4.33. The molecule has 1 aromatic heterocycles. The van der Waals surface area contributed by atoms with Crippen LogP contribution in [0.4, 0.5) is 0 Å². The predicted molar refractivity (Wildman–Crippen MR) is 92.9 cm³/mol. The van der Waals surface area contributed by atoms with Gasteiger partial charge in [-0.05, 0) is 19.8 Å². The maximum Gasteiger partial charge on any atom is 0.106 e. The lowest BCUT2D eigenvalue weighted by molar-refractivity contribution is 0.563. The zero-order chi connectivity index (χ0) is 16.2. The van der Waals surface area contributed by atoms with E-state index >= 15 is 0 Å². The van der Waals surface area contributed by atoms with E-state index in [1.54, 1.807) is 0 Å². The number of hydrogen-bond donors (Lipinski definition) is 1. The van der Waals surface area contributed by atoms with E-state index in [-0.39, 0.29) is 5.92 Å². The summed E-state index contributed by atoms with van der Waals surface area (Å²) in [6.07, 6.45) is 14.0. The van der Waals surface area contributed by atoms with Gasteiger partial charge in [0.15, 0.2) is 0 Å². The fraction of sp³-hybridized carbons (Fsp3) is 0.789. The molecule has 1 unspecified atom stereocenters. The van der Waals surface area contributed by atoms with Crippen LogP contribution in [0.25, 0.3) is 0 Å². The van der Waals surface area contributed by atoms with Crippen molar-refractivity contribution >= 4 is 0 Å². The molecule has 0 saturated carbocycles. The van der Waals surface area contributed by atoms with E-state index in [1.807, 2.05) is 6.92 Å². The lowest BCUT2D eigenvalue weighted by Crippen LogP contribution is -1.97. The highest BCUT2D eigenvalue weighted by Gasteiger charge is 2.15. The second-order valence-corrected chi connectivity index (χ2v) is 6.33. The lowest BCUT2D eigenvalue weighted by atomic mass is 10.0. The number of nitriles is 1. The highest BCUT2D eigenvalue weighted by Crippen LogP contribution is 2.20. The number of rotatable bonds is 12. The van der Waals surface area contributed by atoms with E-state index in [4.69, 9.17) is 5.26 Å². The molecule has 0 radical (unpaired) electrons. The van der Waals surface area contributed by atoms with Crippen LogP contribution < -0.4 is 0 Å². The Morgan fingerprint density at radius 3 is 2.14 bits per heavy atom. The minimum absolute atomic E-state index is 0.106. The minimum Gasteiger partial charge on any atom is -0.346 e. The first kappa shape index (κ1) is 18.7. The van der Waals surface area contributed by atoms with Gasteiger partial charge < -0.3 is 4.98 Å². The van der Waals surface area contributed by atoms with E-state index < -0.39 is 0 Å². The van der Waals surface area contributed by atoms with Crippen LogP contribution in [0.15, 0.2) is 0 Å². The van der Waals surface area contributed by atoms with Crippen LogP contribution in [0, 0.1) is 11.3 Å². The SMILES string of the molecule is CCCCCCCCCCCc1[nH]c(CC)nc1C(C)C#N. The monoisotopic (exact) mass is 303 g/mol. The first-order valence-corrected chi connectivity index (χ1v) is 9.20. The molecule has 0 aliphatic rings. The molecular formula is C19H33N3. The number of nitrogens with zero attached hydrogens (tertiary/aromatic N) is 2. The molecule has 0 aliphatic heterocycles. The fourth-order valence-corrected chi connectivity index (χ4v) is 2.87. The molecule has 1 N–H and O–H groups in total. The molecule has 1 rings (SSSR count). The molecule has 0 fully saturated rings. The molecule has 1 heterocycles. The summed E-state index contributed by atoms with van der Waals surface area (Å²) in [6, 6.07) is 2.31. The number of aromatic nitrogens is 2. The number of H-pyrrole nitrogens is 1. The second kappa shape index (κ2) is 11.3. The Hall–Kier alpha value is -1.30. The molecule has 3 heteroatoms. The number of imidazole rings is 1. The normalized spacial score (nSPS) is 12.3. The summed E-state index contributed by atoms with van der Waals surface area (Å²) in [6.45, 7) is 6.30. The van der Waals surface area contributed by atoms with Gasteiger partial charge in [-0.1, -0.05) is 65.2 Å². The molecule has 0 bridgehead atoms. The maximum absolute atomic E-state index is 9.12. The van der Waals surface area contributed by atoms with Gasteiger partial charge in [0.2, 0.25) is 0 Å². The molecular weight excluding hydrogens is 270 g/mol. The van der Waals surface area contributed by atoms with Crippen molar-refractivity contribution in [3.8, 4) is 6.07 Å². The summed E-state index contributed by atoms with van der Waals surface area (Å²) in [5.74, 6) is 0.910. The Labute approximate surface area is 136 Å². The Morgan fingerprint density at radius 1 is 1.00 bits per heavy atom. The lowest BCUT2D eigenvalue weighted by Gasteiger charge is -2.04. The largest absolute Gasteiger partial charge is 0.346 e. The van der Waals surface area contributed by atoms with Crippen LogP contribution >= 0.6 is 0 Å². The van der Waals surface area contributed by atoms with Crippen molar-refractivity contribution in [3.05, 3.63) is 17.2 Å². The van der Waals surface area contributed by atoms with Gasteiger partial charge >= 0.3 is 0 Å². The van der Waals surface area contributed by atoms with Gasteiger partial charge in [0.05, 0.1) is 17.7 Å². The Morgan fingerprint density at radius 2 is 1.59 bits per heavy atom. The summed E-state index contributed by atoms with van der Waals surface area (Å²) < 4.78 is 0. The van der Waals surface area contributed by atoms with E-state index in [1.165, 1.54) is 63.5 Å². The quantitative estimate of drug-likeness (QED) is 0.505. The van der Waals surface area contributed by atoms with E-state index in [9.17, 15) is 0 Å². The summed E-state index contributed by atoms with van der Waals surface area (Å²) in [5, 5.41) is 9.12. The molecule has 0 spiro atoms. The number of aromatic amines is 1. The number of nitrogens with one attached hydrogen (secondary N) is 1. The van der Waals surface area contributed by atoms with Gasteiger partial charge in [-0.15, -0.1) is 0 Å². The van der Waals surface area contributed by atoms with Crippen molar-refractivity contribution < 1.29 is 0 Å². The summed E-state index contributed by atoms with van der Waals surface area (Å²) in [4.78, 5) is 7.99. The number of hydrogen-bond acceptors (Lipinski definition) is 2. The molecule has 1 aromatic rings. The minimum atomic E-state index is -0.106. The van der Waals surface area contributed by atoms with Crippen molar-refractivity contribution in [1.29, 1.82) is 5.26 Å². The number of unbranched alkanes of at least 4 members (excludes halogenated alkanes) is 8. The fourth-order valence-electron chi connectivity index (χ4n) is 2.87. The average Bonchev–Trinajstić information content (AvgIpc) is 2.96. The maximum atomic E-state index is 9.12. The van der Waals surface area contributed by atoms with Gasteiger partial charge in [-0.2, -0.15) is 5.26 Å². The predicted octanol–water partition coefficient (Wildman–Crippen LogP) is 5.67. The first-order valence-electron chi connectivity index (χ1n) is 9.20. The van der Waals surface area contributed by atoms with Crippen LogP contribution in [-0.2, 0) is 12.8 Å². The van der Waals surface area contributed by atoms with Gasteiger partial charge in [-0.25, -0.2) is 4.98 Å². The van der Waals surface area contributed by atoms with Crippen molar-refractivity contribution in [3.63, 3.8) is 0 Å². The van der Waals surface area contributed by atoms with Crippen LogP contribution in [0.1, 0.15) is 102 Å². The topological polar surface area (TPSA) is 52.5 Å². The van der Waals surface area contributed by atoms with Gasteiger partial charge in [-0.3, -0.25) is 0 Å². The van der Waals surface area contributed by atoms with Crippen molar-refractivity contribution in [2.24, 2.45) is 0 Å². The highest BCUT2D eigenvalue weighted by molar-refractivity contribution is 5.23. The standard InChI is InChI=1S/C19H33N3/c1-4-6-7-8-9-10-11-12-13-14-17-19(16(3)15-20)22-18(5-2)21-17/h16H,4-14H2,1-3H3,(H,21,22). The molecule has 0 aliphatic carbocycles. The zero-order valence-corrected chi connectivity index (χ0v) is 14.7. The van der Waals surface area contributed by atoms with Crippen molar-refractivity contribution in [2.45, 2.75) is 97.3 Å². The molecule has 0 aromatic carbocycles. The number of aryl methyl sites for hydroxylation is 2. The van der Waals surface area contributed by atoms with Crippen LogP contribution in [0.5, 0.6) is 0 Å². The highest BCUT2D eigenvalue weighted by atomic mass is 14.9. The molecule has 3 nitrogen and oxygen atoms in total. The van der Waals surface area contributed by atoms with E-state index in [2.05, 4.69) is 29.9 Å². The summed E-state index contributed by atoms with van der Waals surface area (Å²) in [7, 11) is 0.